The first-order valence-electron chi connectivity index (χ1n) is 3.46. The maximum atomic E-state index is 9.54. The van der Waals surface area contributed by atoms with Crippen molar-refractivity contribution in [3.63, 3.8) is 0 Å². The molecule has 0 rings (SSSR count). The van der Waals surface area contributed by atoms with Gasteiger partial charge in [0.15, 0.2) is 0 Å². The van der Waals surface area contributed by atoms with Crippen molar-refractivity contribution in [3.8, 4) is 0 Å². The fourth-order valence-corrected chi connectivity index (χ4v) is 0.151. The van der Waals surface area contributed by atoms with Gasteiger partial charge in [0, 0.05) is 0 Å². The maximum Gasteiger partial charge on any atom is 0.414 e. The molecule has 0 heterocycles. The highest BCUT2D eigenvalue weighted by molar-refractivity contribution is 6.27. The first kappa shape index (κ1) is 19.2. The second-order valence-corrected chi connectivity index (χ2v) is 1.87. The van der Waals surface area contributed by atoms with Gasteiger partial charge in [0.1, 0.15) is 0 Å². The molecular weight excluding hydrogens is 228 g/mol. The van der Waals surface area contributed by atoms with Gasteiger partial charge in [-0.1, -0.05) is 0 Å². The van der Waals surface area contributed by atoms with Crippen LogP contribution in [0.4, 0.5) is 4.79 Å². The monoisotopic (exact) mass is 240 g/mol. The fourth-order valence-electron chi connectivity index (χ4n) is 0.151. The lowest BCUT2D eigenvalue weighted by molar-refractivity contribution is -0.159. The van der Waals surface area contributed by atoms with Gasteiger partial charge in [0.05, 0.1) is 6.54 Å². The van der Waals surface area contributed by atoms with Gasteiger partial charge in [0.2, 0.25) is 0 Å². The lowest BCUT2D eigenvalue weighted by Gasteiger charge is -1.84. The van der Waals surface area contributed by atoms with Gasteiger partial charge >= 0.3 is 24.0 Å². The number of likely N-dealkylation sites (N-methyl/N-ethyl adjacent to an activating group) is 1. The number of hydrogen-bond donors (Lipinski definition) is 6. The van der Waals surface area contributed by atoms with Crippen LogP contribution >= 0.6 is 0 Å². The molecule has 0 aliphatic carbocycles. The molecule has 16 heavy (non-hydrogen) atoms. The Balaban J connectivity index is -0.000000162. The Kier molecular flexibility index (Phi) is 15.2. The molecule has 0 aromatic rings. The van der Waals surface area contributed by atoms with Gasteiger partial charge in [-0.25, -0.2) is 14.4 Å². The van der Waals surface area contributed by atoms with E-state index < -0.39 is 24.0 Å². The number of aliphatic carboxylic acids is 3. The second-order valence-electron chi connectivity index (χ2n) is 1.87. The van der Waals surface area contributed by atoms with Crippen LogP contribution in [0.5, 0.6) is 0 Å². The van der Waals surface area contributed by atoms with Gasteiger partial charge in [-0.2, -0.15) is 0 Å². The molecule has 0 saturated heterocycles. The van der Waals surface area contributed by atoms with E-state index in [-0.39, 0.29) is 6.54 Å². The van der Waals surface area contributed by atoms with Crippen molar-refractivity contribution in [3.05, 3.63) is 0 Å². The Morgan fingerprint density at radius 2 is 1.25 bits per heavy atom. The molecule has 0 spiro atoms. The lowest BCUT2D eigenvalue weighted by Crippen LogP contribution is -2.16. The van der Waals surface area contributed by atoms with Gasteiger partial charge in [-0.05, 0) is 7.05 Å². The van der Waals surface area contributed by atoms with Crippen LogP contribution in [0, 0.1) is 0 Å². The SMILES string of the molecule is CNCC(=O)O.NC(=O)O.O=C(O)C(=O)O. The van der Waals surface area contributed by atoms with Gasteiger partial charge in [-0.3, -0.25) is 4.79 Å². The summed E-state index contributed by atoms with van der Waals surface area (Å²) < 4.78 is 0. The molecule has 0 fully saturated rings. The molecule has 0 radical (unpaired) electrons. The zero-order valence-corrected chi connectivity index (χ0v) is 8.21. The molecule has 94 valence electrons. The fraction of sp³-hybridized carbons (Fsp3) is 0.333. The average Bonchev–Trinajstić information content (AvgIpc) is 2.03. The van der Waals surface area contributed by atoms with Crippen molar-refractivity contribution in [2.75, 3.05) is 13.6 Å². The van der Waals surface area contributed by atoms with Crippen LogP contribution < -0.4 is 11.1 Å². The summed E-state index contributed by atoms with van der Waals surface area (Å²) in [5.74, 6) is -4.47. The zero-order valence-electron chi connectivity index (χ0n) is 8.21. The van der Waals surface area contributed by atoms with Crippen molar-refractivity contribution in [1.82, 2.24) is 5.32 Å². The number of carboxylic acids is 3. The van der Waals surface area contributed by atoms with E-state index in [2.05, 4.69) is 11.1 Å². The number of hydrogen-bond acceptors (Lipinski definition) is 5. The first-order chi connectivity index (χ1) is 7.14. The second kappa shape index (κ2) is 12.6. The summed E-state index contributed by atoms with van der Waals surface area (Å²) in [5.41, 5.74) is 4.03. The van der Waals surface area contributed by atoms with E-state index >= 15 is 0 Å². The van der Waals surface area contributed by atoms with E-state index in [1.54, 1.807) is 7.05 Å². The molecule has 0 aromatic heterocycles. The molecular formula is C6H12N2O8. The normalized spacial score (nSPS) is 7.31. The predicted octanol–water partition coefficient (Wildman–Crippen LogP) is -1.93. The van der Waals surface area contributed by atoms with Crippen molar-refractivity contribution in [2.45, 2.75) is 0 Å². The smallest absolute Gasteiger partial charge is 0.414 e. The molecule has 0 bridgehead atoms. The Labute approximate surface area is 89.3 Å². The van der Waals surface area contributed by atoms with Crippen LogP contribution in [0.1, 0.15) is 0 Å². The minimum atomic E-state index is -1.82. The summed E-state index contributed by atoms with van der Waals surface area (Å²) in [4.78, 5) is 36.5. The van der Waals surface area contributed by atoms with Crippen LogP contribution in [-0.2, 0) is 14.4 Å². The van der Waals surface area contributed by atoms with Crippen molar-refractivity contribution in [2.24, 2.45) is 5.73 Å². The number of carbonyl (C=O) groups is 4. The Bertz CT molecular complexity index is 235. The lowest BCUT2D eigenvalue weighted by atomic mass is 10.7. The van der Waals surface area contributed by atoms with E-state index in [1.807, 2.05) is 0 Å². The van der Waals surface area contributed by atoms with Crippen LogP contribution in [0.2, 0.25) is 0 Å². The van der Waals surface area contributed by atoms with E-state index in [1.165, 1.54) is 0 Å². The highest BCUT2D eigenvalue weighted by Crippen LogP contribution is 1.56. The molecule has 0 atom stereocenters. The molecule has 0 unspecified atom stereocenters. The molecule has 7 N–H and O–H groups in total. The third kappa shape index (κ3) is 61.2. The summed E-state index contributed by atoms with van der Waals surface area (Å²) in [7, 11) is 1.59. The van der Waals surface area contributed by atoms with Crippen molar-refractivity contribution >= 4 is 24.0 Å². The van der Waals surface area contributed by atoms with Crippen LogP contribution in [-0.4, -0.2) is 58.0 Å². The van der Waals surface area contributed by atoms with Gasteiger partial charge < -0.3 is 31.5 Å². The highest BCUT2D eigenvalue weighted by Gasteiger charge is 2.04. The third-order valence-corrected chi connectivity index (χ3v) is 0.511. The summed E-state index contributed by atoms with van der Waals surface area (Å²) >= 11 is 0. The quantitative estimate of drug-likeness (QED) is 0.298. The Morgan fingerprint density at radius 1 is 1.00 bits per heavy atom. The van der Waals surface area contributed by atoms with Crippen LogP contribution in [0.25, 0.3) is 0 Å². The minimum absolute atomic E-state index is 0.0417. The standard InChI is InChI=1S/C3H7NO2.C2H2O4.CH3NO2/c1-4-2-3(5)6;3-1(4)2(5)6;2-1(3)4/h4H,2H2,1H3,(H,5,6);(H,3,4)(H,5,6);2H2,(H,3,4). The topological polar surface area (TPSA) is 187 Å². The zero-order chi connectivity index (χ0) is 13.7. The first-order valence-corrected chi connectivity index (χ1v) is 3.46. The molecule has 0 saturated carbocycles. The summed E-state index contributed by atoms with van der Waals surface area (Å²) in [6.45, 7) is 0.0417. The molecule has 1 amide bonds. The third-order valence-electron chi connectivity index (χ3n) is 0.511. The molecule has 10 nitrogen and oxygen atoms in total. The van der Waals surface area contributed by atoms with Crippen LogP contribution in [0.15, 0.2) is 0 Å². The van der Waals surface area contributed by atoms with E-state index in [9.17, 15) is 4.79 Å². The van der Waals surface area contributed by atoms with E-state index in [0.29, 0.717) is 0 Å². The number of amides is 1. The predicted molar refractivity (Wildman–Crippen MR) is 49.0 cm³/mol. The summed E-state index contributed by atoms with van der Waals surface area (Å²) in [6.07, 6.45) is -1.33. The molecule has 0 aromatic carbocycles. The summed E-state index contributed by atoms with van der Waals surface area (Å²) in [5, 5.41) is 32.3. The van der Waals surface area contributed by atoms with Crippen molar-refractivity contribution in [1.29, 1.82) is 0 Å². The highest BCUT2D eigenvalue weighted by atomic mass is 16.4. The van der Waals surface area contributed by atoms with E-state index in [0.717, 1.165) is 0 Å². The molecule has 0 aliphatic rings. The summed E-state index contributed by atoms with van der Waals surface area (Å²) in [6, 6.07) is 0. The number of nitrogens with two attached hydrogens (primary N) is 1. The van der Waals surface area contributed by atoms with Crippen molar-refractivity contribution < 1.29 is 39.6 Å². The largest absolute Gasteiger partial charge is 0.480 e. The average molecular weight is 240 g/mol. The number of primary amides is 1. The maximum absolute atomic E-state index is 9.54. The van der Waals surface area contributed by atoms with Gasteiger partial charge in [0.25, 0.3) is 0 Å². The Morgan fingerprint density at radius 3 is 1.25 bits per heavy atom. The Hall–Kier alpha value is -2.36. The number of carboxylic acid groups (broad SMARTS) is 4. The van der Waals surface area contributed by atoms with Crippen LogP contribution in [0.3, 0.4) is 0 Å². The van der Waals surface area contributed by atoms with E-state index in [4.69, 9.17) is 34.8 Å². The van der Waals surface area contributed by atoms with Gasteiger partial charge in [-0.15, -0.1) is 0 Å². The molecule has 10 heteroatoms. The number of nitrogens with one attached hydrogen (secondary N) is 1. The minimum Gasteiger partial charge on any atom is -0.480 e. The number of rotatable bonds is 2. The molecule has 0 aliphatic heterocycles.